The zero-order chi connectivity index (χ0) is 10.6. The van der Waals surface area contributed by atoms with Crippen LogP contribution in [0.3, 0.4) is 0 Å². The molecule has 1 atom stereocenters. The molecule has 0 aromatic rings. The standard InChI is InChI=1S/C12H20O2/c1-9(2)5-6-11(10(3)4)12-13-7-8-14-12/h5,11-12H,3,6-8H2,1-2,4H3. The summed E-state index contributed by atoms with van der Waals surface area (Å²) in [6, 6.07) is 0. The Balaban J connectivity index is 2.54. The molecule has 0 saturated carbocycles. The van der Waals surface area contributed by atoms with Gasteiger partial charge >= 0.3 is 0 Å². The number of hydrogen-bond acceptors (Lipinski definition) is 2. The molecule has 1 aliphatic heterocycles. The SMILES string of the molecule is C=C(C)C(CC=C(C)C)C1OCCO1. The number of ether oxygens (including phenoxy) is 2. The van der Waals surface area contributed by atoms with Gasteiger partial charge in [0.15, 0.2) is 6.29 Å². The Morgan fingerprint density at radius 1 is 1.36 bits per heavy atom. The van der Waals surface area contributed by atoms with Crippen molar-refractivity contribution in [1.82, 2.24) is 0 Å². The van der Waals surface area contributed by atoms with E-state index in [2.05, 4.69) is 26.5 Å². The van der Waals surface area contributed by atoms with E-state index in [9.17, 15) is 0 Å². The highest BCUT2D eigenvalue weighted by Crippen LogP contribution is 2.25. The minimum Gasteiger partial charge on any atom is -0.350 e. The van der Waals surface area contributed by atoms with E-state index in [-0.39, 0.29) is 6.29 Å². The summed E-state index contributed by atoms with van der Waals surface area (Å²) in [5.74, 6) is 0.299. The van der Waals surface area contributed by atoms with Gasteiger partial charge in [-0.3, -0.25) is 0 Å². The van der Waals surface area contributed by atoms with E-state index in [1.807, 2.05) is 6.92 Å². The monoisotopic (exact) mass is 196 g/mol. The van der Waals surface area contributed by atoms with E-state index in [4.69, 9.17) is 9.47 Å². The van der Waals surface area contributed by atoms with Crippen molar-refractivity contribution >= 4 is 0 Å². The summed E-state index contributed by atoms with van der Waals surface area (Å²) >= 11 is 0. The molecule has 0 spiro atoms. The Morgan fingerprint density at radius 3 is 2.36 bits per heavy atom. The van der Waals surface area contributed by atoms with Gasteiger partial charge in [0.1, 0.15) is 0 Å². The lowest BCUT2D eigenvalue weighted by molar-refractivity contribution is -0.0722. The van der Waals surface area contributed by atoms with Crippen LogP contribution in [0, 0.1) is 5.92 Å². The fraction of sp³-hybridized carbons (Fsp3) is 0.667. The summed E-state index contributed by atoms with van der Waals surface area (Å²) in [7, 11) is 0. The molecule has 2 heteroatoms. The van der Waals surface area contributed by atoms with Gasteiger partial charge in [0.25, 0.3) is 0 Å². The predicted molar refractivity (Wildman–Crippen MR) is 58.0 cm³/mol. The molecule has 0 aliphatic carbocycles. The molecule has 0 N–H and O–H groups in total. The van der Waals surface area contributed by atoms with Crippen molar-refractivity contribution in [3.63, 3.8) is 0 Å². The van der Waals surface area contributed by atoms with Gasteiger partial charge in [-0.15, -0.1) is 0 Å². The van der Waals surface area contributed by atoms with E-state index in [0.29, 0.717) is 19.1 Å². The van der Waals surface area contributed by atoms with Crippen LogP contribution in [0.25, 0.3) is 0 Å². The van der Waals surface area contributed by atoms with Crippen LogP contribution in [0.1, 0.15) is 27.2 Å². The lowest BCUT2D eigenvalue weighted by Gasteiger charge is -2.21. The van der Waals surface area contributed by atoms with Crippen molar-refractivity contribution < 1.29 is 9.47 Å². The van der Waals surface area contributed by atoms with Crippen LogP contribution in [-0.4, -0.2) is 19.5 Å². The molecule has 0 bridgehead atoms. The molecular formula is C12H20O2. The van der Waals surface area contributed by atoms with Crippen LogP contribution in [0.2, 0.25) is 0 Å². The van der Waals surface area contributed by atoms with Crippen LogP contribution >= 0.6 is 0 Å². The highest BCUT2D eigenvalue weighted by molar-refractivity contribution is 5.04. The molecular weight excluding hydrogens is 176 g/mol. The Bertz CT molecular complexity index is 220. The topological polar surface area (TPSA) is 18.5 Å². The molecule has 80 valence electrons. The molecule has 0 amide bonds. The van der Waals surface area contributed by atoms with Crippen molar-refractivity contribution in [2.24, 2.45) is 5.92 Å². The maximum atomic E-state index is 5.50. The second-order valence-corrected chi connectivity index (χ2v) is 4.08. The van der Waals surface area contributed by atoms with Crippen molar-refractivity contribution in [3.8, 4) is 0 Å². The normalized spacial score (nSPS) is 19.4. The van der Waals surface area contributed by atoms with Crippen molar-refractivity contribution in [1.29, 1.82) is 0 Å². The van der Waals surface area contributed by atoms with E-state index in [1.54, 1.807) is 0 Å². The smallest absolute Gasteiger partial charge is 0.164 e. The molecule has 1 saturated heterocycles. The molecule has 1 heterocycles. The third kappa shape index (κ3) is 3.28. The van der Waals surface area contributed by atoms with E-state index >= 15 is 0 Å². The first-order chi connectivity index (χ1) is 6.61. The van der Waals surface area contributed by atoms with Gasteiger partial charge in [0.2, 0.25) is 0 Å². The third-order valence-corrected chi connectivity index (χ3v) is 2.39. The molecule has 1 unspecified atom stereocenters. The molecule has 14 heavy (non-hydrogen) atoms. The van der Waals surface area contributed by atoms with Gasteiger partial charge in [0.05, 0.1) is 13.2 Å². The Labute approximate surface area is 86.6 Å². The summed E-state index contributed by atoms with van der Waals surface area (Å²) in [4.78, 5) is 0. The van der Waals surface area contributed by atoms with Gasteiger partial charge in [-0.1, -0.05) is 23.8 Å². The van der Waals surface area contributed by atoms with Crippen LogP contribution in [0.15, 0.2) is 23.8 Å². The molecule has 2 nitrogen and oxygen atoms in total. The summed E-state index contributed by atoms with van der Waals surface area (Å²) < 4.78 is 11.0. The van der Waals surface area contributed by atoms with Gasteiger partial charge < -0.3 is 9.47 Å². The van der Waals surface area contributed by atoms with Crippen LogP contribution in [0.5, 0.6) is 0 Å². The maximum Gasteiger partial charge on any atom is 0.164 e. The molecule has 1 fully saturated rings. The second-order valence-electron chi connectivity index (χ2n) is 4.08. The minimum atomic E-state index is -0.0805. The van der Waals surface area contributed by atoms with Crippen LogP contribution in [-0.2, 0) is 9.47 Å². The van der Waals surface area contributed by atoms with E-state index in [1.165, 1.54) is 5.57 Å². The van der Waals surface area contributed by atoms with Crippen molar-refractivity contribution in [2.45, 2.75) is 33.5 Å². The Hall–Kier alpha value is -0.600. The first kappa shape index (κ1) is 11.5. The third-order valence-electron chi connectivity index (χ3n) is 2.39. The number of hydrogen-bond donors (Lipinski definition) is 0. The lowest BCUT2D eigenvalue weighted by atomic mass is 9.96. The average molecular weight is 196 g/mol. The van der Waals surface area contributed by atoms with Crippen LogP contribution in [0.4, 0.5) is 0 Å². The molecule has 1 aliphatic rings. The summed E-state index contributed by atoms with van der Waals surface area (Å²) in [5, 5.41) is 0. The molecule has 0 aromatic heterocycles. The summed E-state index contributed by atoms with van der Waals surface area (Å²) in [6.07, 6.45) is 3.09. The fourth-order valence-electron chi connectivity index (χ4n) is 1.52. The summed E-state index contributed by atoms with van der Waals surface area (Å²) in [6.45, 7) is 11.7. The zero-order valence-electron chi connectivity index (χ0n) is 9.38. The first-order valence-electron chi connectivity index (χ1n) is 5.13. The highest BCUT2D eigenvalue weighted by Gasteiger charge is 2.26. The highest BCUT2D eigenvalue weighted by atomic mass is 16.7. The maximum absolute atomic E-state index is 5.50. The fourth-order valence-corrected chi connectivity index (χ4v) is 1.52. The average Bonchev–Trinajstić information content (AvgIpc) is 2.56. The van der Waals surface area contributed by atoms with Crippen molar-refractivity contribution in [3.05, 3.63) is 23.8 Å². The van der Waals surface area contributed by atoms with E-state index < -0.39 is 0 Å². The van der Waals surface area contributed by atoms with Gasteiger partial charge in [-0.25, -0.2) is 0 Å². The van der Waals surface area contributed by atoms with Gasteiger partial charge in [-0.2, -0.15) is 0 Å². The zero-order valence-corrected chi connectivity index (χ0v) is 9.38. The second kappa shape index (κ2) is 5.32. The molecule has 0 aromatic carbocycles. The largest absolute Gasteiger partial charge is 0.350 e. The quantitative estimate of drug-likeness (QED) is 0.644. The first-order valence-corrected chi connectivity index (χ1v) is 5.13. The van der Waals surface area contributed by atoms with Crippen molar-refractivity contribution in [2.75, 3.05) is 13.2 Å². The Morgan fingerprint density at radius 2 is 1.93 bits per heavy atom. The van der Waals surface area contributed by atoms with E-state index in [0.717, 1.165) is 12.0 Å². The minimum absolute atomic E-state index is 0.0805. The van der Waals surface area contributed by atoms with Gasteiger partial charge in [0, 0.05) is 5.92 Å². The number of rotatable bonds is 4. The van der Waals surface area contributed by atoms with Crippen LogP contribution < -0.4 is 0 Å². The number of allylic oxidation sites excluding steroid dienone is 2. The summed E-state index contributed by atoms with van der Waals surface area (Å²) in [5.41, 5.74) is 2.46. The Kier molecular flexibility index (Phi) is 4.36. The van der Waals surface area contributed by atoms with Gasteiger partial charge in [-0.05, 0) is 27.2 Å². The predicted octanol–water partition coefficient (Wildman–Crippen LogP) is 2.91. The molecule has 1 rings (SSSR count). The molecule has 0 radical (unpaired) electrons. The lowest BCUT2D eigenvalue weighted by Crippen LogP contribution is -2.21.